The fourth-order valence-electron chi connectivity index (χ4n) is 2.54. The van der Waals surface area contributed by atoms with E-state index < -0.39 is 0 Å². The van der Waals surface area contributed by atoms with Gasteiger partial charge in [-0.3, -0.25) is 4.90 Å². The van der Waals surface area contributed by atoms with E-state index >= 15 is 0 Å². The van der Waals surface area contributed by atoms with E-state index in [-0.39, 0.29) is 0 Å². The SMILES string of the molecule is C=C=CC(CCCCCC)N1CCC(N)CC1. The van der Waals surface area contributed by atoms with Gasteiger partial charge in [-0.2, -0.15) is 0 Å². The third-order valence-corrected chi connectivity index (χ3v) is 3.71. The van der Waals surface area contributed by atoms with Gasteiger partial charge in [-0.25, -0.2) is 0 Å². The molecule has 1 aliphatic rings. The Bertz CT molecular complexity index is 235. The second kappa shape index (κ2) is 8.52. The fraction of sp³-hybridized carbons (Fsp3) is 0.800. The molecule has 0 amide bonds. The van der Waals surface area contributed by atoms with Crippen LogP contribution in [0.25, 0.3) is 0 Å². The predicted octanol–water partition coefficient (Wildman–Crippen LogP) is 3.09. The Kier molecular flexibility index (Phi) is 7.27. The van der Waals surface area contributed by atoms with Gasteiger partial charge in [0, 0.05) is 25.2 Å². The van der Waals surface area contributed by atoms with Gasteiger partial charge in [0.15, 0.2) is 0 Å². The average Bonchev–Trinajstić information content (AvgIpc) is 2.34. The van der Waals surface area contributed by atoms with Crippen molar-refractivity contribution in [2.24, 2.45) is 5.73 Å². The van der Waals surface area contributed by atoms with Gasteiger partial charge in [0.25, 0.3) is 0 Å². The summed E-state index contributed by atoms with van der Waals surface area (Å²) in [7, 11) is 0. The van der Waals surface area contributed by atoms with Gasteiger partial charge in [-0.05, 0) is 25.3 Å². The summed E-state index contributed by atoms with van der Waals surface area (Å²) in [6.07, 6.45) is 11.0. The van der Waals surface area contributed by atoms with E-state index in [4.69, 9.17) is 5.73 Å². The Morgan fingerprint density at radius 2 is 2.06 bits per heavy atom. The van der Waals surface area contributed by atoms with Crippen molar-refractivity contribution in [3.63, 3.8) is 0 Å². The lowest BCUT2D eigenvalue weighted by molar-refractivity contribution is 0.170. The summed E-state index contributed by atoms with van der Waals surface area (Å²) < 4.78 is 0. The van der Waals surface area contributed by atoms with Gasteiger partial charge in [0.05, 0.1) is 0 Å². The molecular formula is C15H28N2. The molecule has 2 heteroatoms. The van der Waals surface area contributed by atoms with Gasteiger partial charge in [-0.1, -0.05) is 39.2 Å². The molecule has 1 unspecified atom stereocenters. The number of nitrogens with two attached hydrogens (primary N) is 1. The largest absolute Gasteiger partial charge is 0.328 e. The minimum atomic E-state index is 0.416. The Morgan fingerprint density at radius 3 is 2.65 bits per heavy atom. The molecule has 0 bridgehead atoms. The first kappa shape index (κ1) is 14.5. The van der Waals surface area contributed by atoms with Crippen molar-refractivity contribution in [3.05, 3.63) is 18.4 Å². The molecule has 98 valence electrons. The highest BCUT2D eigenvalue weighted by molar-refractivity contribution is 4.93. The lowest BCUT2D eigenvalue weighted by Crippen LogP contribution is -2.44. The van der Waals surface area contributed by atoms with Crippen LogP contribution in [0.1, 0.15) is 51.9 Å². The molecular weight excluding hydrogens is 208 g/mol. The molecule has 0 aromatic rings. The summed E-state index contributed by atoms with van der Waals surface area (Å²) in [6, 6.07) is 0.955. The molecule has 0 aromatic carbocycles. The van der Waals surface area contributed by atoms with E-state index in [0.717, 1.165) is 25.9 Å². The van der Waals surface area contributed by atoms with E-state index in [1.807, 2.05) is 0 Å². The number of piperidine rings is 1. The van der Waals surface area contributed by atoms with Crippen molar-refractivity contribution in [2.45, 2.75) is 64.0 Å². The maximum Gasteiger partial charge on any atom is 0.0352 e. The minimum absolute atomic E-state index is 0.416. The van der Waals surface area contributed by atoms with Gasteiger partial charge < -0.3 is 5.73 Å². The number of nitrogens with zero attached hydrogens (tertiary/aromatic N) is 1. The quantitative estimate of drug-likeness (QED) is 0.543. The topological polar surface area (TPSA) is 29.3 Å². The molecule has 1 fully saturated rings. The number of hydrogen-bond acceptors (Lipinski definition) is 2. The summed E-state index contributed by atoms with van der Waals surface area (Å²) in [6.45, 7) is 8.25. The number of rotatable bonds is 7. The maximum absolute atomic E-state index is 5.95. The summed E-state index contributed by atoms with van der Waals surface area (Å²) in [5.74, 6) is 0. The second-order valence-electron chi connectivity index (χ2n) is 5.16. The first-order chi connectivity index (χ1) is 8.27. The zero-order chi connectivity index (χ0) is 12.5. The van der Waals surface area contributed by atoms with Crippen LogP contribution in [0.2, 0.25) is 0 Å². The van der Waals surface area contributed by atoms with Crippen LogP contribution in [0.4, 0.5) is 0 Å². The monoisotopic (exact) mass is 236 g/mol. The first-order valence-corrected chi connectivity index (χ1v) is 7.13. The summed E-state index contributed by atoms with van der Waals surface area (Å²) in [5.41, 5.74) is 8.92. The molecule has 0 saturated carbocycles. The molecule has 1 heterocycles. The molecule has 1 rings (SSSR count). The molecule has 17 heavy (non-hydrogen) atoms. The van der Waals surface area contributed by atoms with E-state index in [1.54, 1.807) is 0 Å². The Balaban J connectivity index is 2.34. The van der Waals surface area contributed by atoms with Crippen LogP contribution in [0, 0.1) is 0 Å². The fourth-order valence-corrected chi connectivity index (χ4v) is 2.54. The molecule has 0 aliphatic carbocycles. The van der Waals surface area contributed by atoms with Crippen LogP contribution in [0.5, 0.6) is 0 Å². The number of hydrogen-bond donors (Lipinski definition) is 1. The highest BCUT2D eigenvalue weighted by Crippen LogP contribution is 2.17. The summed E-state index contributed by atoms with van der Waals surface area (Å²) in [4.78, 5) is 2.55. The predicted molar refractivity (Wildman–Crippen MR) is 75.0 cm³/mol. The van der Waals surface area contributed by atoms with Crippen molar-refractivity contribution >= 4 is 0 Å². The number of unbranched alkanes of at least 4 members (excludes halogenated alkanes) is 3. The normalized spacial score (nSPS) is 19.9. The molecule has 1 saturated heterocycles. The minimum Gasteiger partial charge on any atom is -0.328 e. The standard InChI is InChI=1S/C15H28N2/c1-3-5-6-7-9-15(8-4-2)17-12-10-14(16)11-13-17/h8,14-15H,2-3,5-7,9-13,16H2,1H3. The van der Waals surface area contributed by atoms with Crippen LogP contribution >= 0.6 is 0 Å². The van der Waals surface area contributed by atoms with Crippen LogP contribution in [-0.4, -0.2) is 30.1 Å². The third-order valence-electron chi connectivity index (χ3n) is 3.71. The number of likely N-dealkylation sites (tertiary alicyclic amines) is 1. The van der Waals surface area contributed by atoms with Crippen LogP contribution in [-0.2, 0) is 0 Å². The van der Waals surface area contributed by atoms with Crippen molar-refractivity contribution < 1.29 is 0 Å². The highest BCUT2D eigenvalue weighted by atomic mass is 15.2. The molecule has 2 nitrogen and oxygen atoms in total. The van der Waals surface area contributed by atoms with Crippen LogP contribution < -0.4 is 5.73 Å². The second-order valence-corrected chi connectivity index (χ2v) is 5.16. The Labute approximate surface area is 107 Å². The first-order valence-electron chi connectivity index (χ1n) is 7.13. The lowest BCUT2D eigenvalue weighted by Gasteiger charge is -2.35. The van der Waals surface area contributed by atoms with Crippen LogP contribution in [0.15, 0.2) is 18.4 Å². The van der Waals surface area contributed by atoms with Gasteiger partial charge in [0.1, 0.15) is 0 Å². The smallest absolute Gasteiger partial charge is 0.0352 e. The van der Waals surface area contributed by atoms with Crippen molar-refractivity contribution in [2.75, 3.05) is 13.1 Å². The third kappa shape index (κ3) is 5.54. The van der Waals surface area contributed by atoms with Crippen molar-refractivity contribution in [1.82, 2.24) is 4.90 Å². The molecule has 0 spiro atoms. The Hall–Kier alpha value is -0.560. The highest BCUT2D eigenvalue weighted by Gasteiger charge is 2.21. The van der Waals surface area contributed by atoms with Gasteiger partial charge >= 0.3 is 0 Å². The molecule has 0 radical (unpaired) electrons. The molecule has 0 aromatic heterocycles. The van der Waals surface area contributed by atoms with Crippen molar-refractivity contribution in [1.29, 1.82) is 0 Å². The zero-order valence-corrected chi connectivity index (χ0v) is 11.3. The van der Waals surface area contributed by atoms with Crippen molar-refractivity contribution in [3.8, 4) is 0 Å². The molecule has 2 N–H and O–H groups in total. The van der Waals surface area contributed by atoms with Crippen LogP contribution in [0.3, 0.4) is 0 Å². The Morgan fingerprint density at radius 1 is 1.35 bits per heavy atom. The zero-order valence-electron chi connectivity index (χ0n) is 11.3. The lowest BCUT2D eigenvalue weighted by atomic mass is 10.0. The van der Waals surface area contributed by atoms with Gasteiger partial charge in [-0.15, -0.1) is 5.73 Å². The summed E-state index contributed by atoms with van der Waals surface area (Å²) in [5, 5.41) is 0. The van der Waals surface area contributed by atoms with E-state index in [2.05, 4.69) is 30.2 Å². The van der Waals surface area contributed by atoms with Gasteiger partial charge in [0.2, 0.25) is 0 Å². The van der Waals surface area contributed by atoms with E-state index in [9.17, 15) is 0 Å². The maximum atomic E-state index is 5.95. The molecule has 1 aliphatic heterocycles. The van der Waals surface area contributed by atoms with E-state index in [1.165, 1.54) is 32.1 Å². The molecule has 1 atom stereocenters. The average molecular weight is 236 g/mol. The summed E-state index contributed by atoms with van der Waals surface area (Å²) >= 11 is 0. The van der Waals surface area contributed by atoms with E-state index in [0.29, 0.717) is 12.1 Å².